The molecule has 52 heavy (non-hydrogen) atoms. The van der Waals surface area contributed by atoms with Gasteiger partial charge in [-0.05, 0) is 48.9 Å². The minimum Gasteiger partial charge on any atom is -0.494 e. The predicted octanol–water partition coefficient (Wildman–Crippen LogP) is 5.16. The average Bonchev–Trinajstić information content (AvgIpc) is 3.49. The van der Waals surface area contributed by atoms with Crippen LogP contribution in [0, 0.1) is 18.6 Å². The fourth-order valence-electron chi connectivity index (χ4n) is 5.84. The first-order chi connectivity index (χ1) is 24.7. The van der Waals surface area contributed by atoms with Gasteiger partial charge in [-0.2, -0.15) is 0 Å². The molecule has 1 aliphatic heterocycles. The average molecular weight is 771 g/mol. The molecule has 4 N–H and O–H groups in total. The Morgan fingerprint density at radius 1 is 0.962 bits per heavy atom. The number of thiazole rings is 1. The summed E-state index contributed by atoms with van der Waals surface area (Å²) in [6.07, 6.45) is 2.83. The van der Waals surface area contributed by atoms with E-state index in [1.807, 2.05) is 19.1 Å². The molecule has 0 bridgehead atoms. The molecule has 1 aliphatic rings. The molecule has 0 saturated carbocycles. The van der Waals surface area contributed by atoms with Crippen molar-refractivity contribution in [2.75, 3.05) is 72.5 Å². The van der Waals surface area contributed by atoms with Crippen LogP contribution in [0.2, 0.25) is 0 Å². The Morgan fingerprint density at radius 2 is 1.67 bits per heavy atom. The predicted molar refractivity (Wildman–Crippen MR) is 200 cm³/mol. The van der Waals surface area contributed by atoms with E-state index in [4.69, 9.17) is 15.5 Å². The van der Waals surface area contributed by atoms with Crippen LogP contribution in [-0.2, 0) is 19.9 Å². The monoisotopic (exact) mass is 770 g/mol. The molecule has 0 radical (unpaired) electrons. The van der Waals surface area contributed by atoms with E-state index in [0.717, 1.165) is 55.6 Å². The van der Waals surface area contributed by atoms with Gasteiger partial charge in [0.1, 0.15) is 27.2 Å². The van der Waals surface area contributed by atoms with Gasteiger partial charge in [-0.15, -0.1) is 0 Å². The highest BCUT2D eigenvalue weighted by Crippen LogP contribution is 2.39. The molecule has 13 nitrogen and oxygen atoms in total. The number of ether oxygens (including phenoxy) is 1. The zero-order valence-electron chi connectivity index (χ0n) is 28.4. The first-order valence-electron chi connectivity index (χ1n) is 16.0. The minimum absolute atomic E-state index is 0.0578. The zero-order chi connectivity index (χ0) is 37.2. The van der Waals surface area contributed by atoms with Crippen LogP contribution in [0.15, 0.2) is 71.8 Å². The number of benzene rings is 3. The molecule has 2 aromatic heterocycles. The summed E-state index contributed by atoms with van der Waals surface area (Å²) in [5.41, 5.74) is 10.2. The Balaban J connectivity index is 1.22. The van der Waals surface area contributed by atoms with Crippen molar-refractivity contribution in [3.8, 4) is 27.6 Å². The Morgan fingerprint density at radius 3 is 2.37 bits per heavy atom. The first kappa shape index (κ1) is 36.9. The molecule has 3 heterocycles. The van der Waals surface area contributed by atoms with Crippen molar-refractivity contribution in [2.45, 2.75) is 11.8 Å². The molecular formula is C34H36F2N8O5S3. The lowest BCUT2D eigenvalue weighted by molar-refractivity contribution is 0.272. The molecule has 18 heteroatoms. The standard InChI is InChI=1S/C34H36F2N8O5S3/c1-21-18-27(29(49-2)20-28(21)44-14-12-43(13-15-44)16-17-51(3,45)46)40-34-38-11-10-26(39-34)31-30(41-33(37)50-31)22-6-4-7-23(19-22)42-52(47,48)32-24(35)8-5-9-25(32)36/h4-11,18-20,42H,12-17H2,1-3H3,(H2,37,41)(H,38,39,40). The number of aryl methyl sites for hydroxylation is 1. The number of hydrogen-bond acceptors (Lipinski definition) is 13. The highest BCUT2D eigenvalue weighted by Gasteiger charge is 2.25. The summed E-state index contributed by atoms with van der Waals surface area (Å²) in [4.78, 5) is 17.5. The van der Waals surface area contributed by atoms with Crippen molar-refractivity contribution in [3.63, 3.8) is 0 Å². The lowest BCUT2D eigenvalue weighted by Crippen LogP contribution is -2.47. The second-order valence-electron chi connectivity index (χ2n) is 12.2. The number of nitrogens with zero attached hydrogens (tertiary/aromatic N) is 5. The van der Waals surface area contributed by atoms with Crippen molar-refractivity contribution in [1.29, 1.82) is 0 Å². The summed E-state index contributed by atoms with van der Waals surface area (Å²) >= 11 is 1.18. The van der Waals surface area contributed by atoms with E-state index in [0.29, 0.717) is 39.8 Å². The largest absolute Gasteiger partial charge is 0.494 e. The minimum atomic E-state index is -4.60. The molecule has 0 atom stereocenters. The zero-order valence-corrected chi connectivity index (χ0v) is 30.9. The third kappa shape index (κ3) is 8.41. The number of nitrogen functional groups attached to an aromatic ring is 1. The Kier molecular flexibility index (Phi) is 10.6. The number of nitrogens with two attached hydrogens (primary N) is 1. The van der Waals surface area contributed by atoms with Gasteiger partial charge >= 0.3 is 0 Å². The number of sulfonamides is 1. The number of halogens is 2. The van der Waals surface area contributed by atoms with Gasteiger partial charge in [-0.1, -0.05) is 29.5 Å². The third-order valence-corrected chi connectivity index (χ3v) is 11.6. The second kappa shape index (κ2) is 15.0. The normalized spacial score (nSPS) is 14.0. The van der Waals surface area contributed by atoms with E-state index < -0.39 is 36.4 Å². The molecule has 5 aromatic rings. The summed E-state index contributed by atoms with van der Waals surface area (Å²) in [5.74, 6) is -1.44. The number of nitrogens with one attached hydrogen (secondary N) is 2. The van der Waals surface area contributed by atoms with Crippen molar-refractivity contribution < 1.29 is 30.4 Å². The van der Waals surface area contributed by atoms with Crippen molar-refractivity contribution in [1.82, 2.24) is 19.9 Å². The van der Waals surface area contributed by atoms with Gasteiger partial charge in [0.05, 0.1) is 34.8 Å². The van der Waals surface area contributed by atoms with E-state index in [-0.39, 0.29) is 22.5 Å². The van der Waals surface area contributed by atoms with Gasteiger partial charge in [0.15, 0.2) is 10.0 Å². The highest BCUT2D eigenvalue weighted by molar-refractivity contribution is 7.92. The molecule has 1 fully saturated rings. The summed E-state index contributed by atoms with van der Waals surface area (Å²) in [6, 6.07) is 14.6. The lowest BCUT2D eigenvalue weighted by atomic mass is 10.1. The second-order valence-corrected chi connectivity index (χ2v) is 17.1. The van der Waals surface area contributed by atoms with Crippen LogP contribution < -0.4 is 25.4 Å². The van der Waals surface area contributed by atoms with Crippen LogP contribution in [0.5, 0.6) is 5.75 Å². The van der Waals surface area contributed by atoms with Gasteiger partial charge < -0.3 is 20.7 Å². The number of rotatable bonds is 12. The number of anilines is 5. The van der Waals surface area contributed by atoms with Gasteiger partial charge in [-0.25, -0.2) is 40.6 Å². The number of methoxy groups -OCH3 is 1. The fraction of sp³-hybridized carbons (Fsp3) is 0.265. The molecule has 3 aromatic carbocycles. The Labute approximate surface area is 304 Å². The molecule has 6 rings (SSSR count). The van der Waals surface area contributed by atoms with Crippen LogP contribution in [0.4, 0.5) is 36.9 Å². The van der Waals surface area contributed by atoms with Crippen LogP contribution >= 0.6 is 11.3 Å². The number of piperazine rings is 1. The molecule has 1 saturated heterocycles. The van der Waals surface area contributed by atoms with E-state index in [9.17, 15) is 25.6 Å². The molecule has 0 aliphatic carbocycles. The Hall–Kier alpha value is -4.91. The third-order valence-electron chi connectivity index (χ3n) is 8.36. The van der Waals surface area contributed by atoms with Crippen LogP contribution in [0.1, 0.15) is 5.56 Å². The van der Waals surface area contributed by atoms with E-state index in [1.54, 1.807) is 31.5 Å². The summed E-state index contributed by atoms with van der Waals surface area (Å²) in [5, 5.41) is 3.49. The van der Waals surface area contributed by atoms with E-state index >= 15 is 0 Å². The summed E-state index contributed by atoms with van der Waals surface area (Å²) in [6.45, 7) is 5.49. The number of hydrogen-bond donors (Lipinski definition) is 3. The van der Waals surface area contributed by atoms with Gasteiger partial charge in [0.25, 0.3) is 10.0 Å². The first-order valence-corrected chi connectivity index (χ1v) is 20.3. The van der Waals surface area contributed by atoms with Gasteiger partial charge in [0, 0.05) is 68.2 Å². The molecule has 274 valence electrons. The van der Waals surface area contributed by atoms with E-state index in [2.05, 4.69) is 29.8 Å². The highest BCUT2D eigenvalue weighted by atomic mass is 32.2. The van der Waals surface area contributed by atoms with Crippen molar-refractivity contribution in [3.05, 3.63) is 84.1 Å². The SMILES string of the molecule is COc1cc(N2CCN(CCS(C)(=O)=O)CC2)c(C)cc1Nc1nccc(-c2sc(N)nc2-c2cccc(NS(=O)(=O)c3c(F)cccc3F)c2)n1. The van der Waals surface area contributed by atoms with Crippen molar-refractivity contribution >= 4 is 59.3 Å². The maximum absolute atomic E-state index is 14.3. The molecule has 0 unspecified atom stereocenters. The topological polar surface area (TPSA) is 173 Å². The van der Waals surface area contributed by atoms with Gasteiger partial charge in [-0.3, -0.25) is 9.62 Å². The van der Waals surface area contributed by atoms with Crippen molar-refractivity contribution in [2.24, 2.45) is 0 Å². The smallest absolute Gasteiger partial charge is 0.267 e. The molecule has 0 spiro atoms. The lowest BCUT2D eigenvalue weighted by Gasteiger charge is -2.37. The number of aromatic nitrogens is 3. The Bertz CT molecular complexity index is 2310. The summed E-state index contributed by atoms with van der Waals surface area (Å²) in [7, 11) is -6.04. The van der Waals surface area contributed by atoms with Crippen LogP contribution in [-0.4, -0.2) is 88.5 Å². The maximum Gasteiger partial charge on any atom is 0.267 e. The number of sulfone groups is 1. The molecule has 0 amide bonds. The van der Waals surface area contributed by atoms with E-state index in [1.165, 1.54) is 29.7 Å². The molecular weight excluding hydrogens is 735 g/mol. The quantitative estimate of drug-likeness (QED) is 0.153. The summed E-state index contributed by atoms with van der Waals surface area (Å²) < 4.78 is 85.6. The van der Waals surface area contributed by atoms with Gasteiger partial charge in [0.2, 0.25) is 5.95 Å². The maximum atomic E-state index is 14.3. The fourth-order valence-corrected chi connectivity index (χ4v) is 8.44. The van der Waals surface area contributed by atoms with Crippen LogP contribution in [0.3, 0.4) is 0 Å². The van der Waals surface area contributed by atoms with Crippen LogP contribution in [0.25, 0.3) is 21.8 Å².